The molecule has 2 N–H and O–H groups in total. The van der Waals surface area contributed by atoms with Crippen LogP contribution in [0.25, 0.3) is 0 Å². The van der Waals surface area contributed by atoms with Gasteiger partial charge in [0.2, 0.25) is 0 Å². The summed E-state index contributed by atoms with van der Waals surface area (Å²) < 4.78 is 0. The zero-order valence-electron chi connectivity index (χ0n) is 9.60. The Kier molecular flexibility index (Phi) is 8.64. The molecule has 0 heterocycles. The van der Waals surface area contributed by atoms with Gasteiger partial charge in [0.05, 0.1) is 6.17 Å². The van der Waals surface area contributed by atoms with Crippen molar-refractivity contribution >= 4 is 6.41 Å². The van der Waals surface area contributed by atoms with Crippen LogP contribution in [0.3, 0.4) is 0 Å². The Labute approximate surface area is 87.6 Å². The quantitative estimate of drug-likeness (QED) is 0.439. The molecule has 0 spiro atoms. The maximum absolute atomic E-state index is 10.0. The summed E-state index contributed by atoms with van der Waals surface area (Å²) in [6.07, 6.45) is 6.74. The lowest BCUT2D eigenvalue weighted by atomic mass is 9.99. The maximum atomic E-state index is 10.0. The van der Waals surface area contributed by atoms with Crippen LogP contribution in [-0.2, 0) is 4.79 Å². The van der Waals surface area contributed by atoms with Gasteiger partial charge in [-0.15, -0.1) is 0 Å². The Morgan fingerprint density at radius 1 is 1.36 bits per heavy atom. The van der Waals surface area contributed by atoms with Gasteiger partial charge in [-0.2, -0.15) is 0 Å². The predicted octanol–water partition coefficient (Wildman–Crippen LogP) is 1.80. The molecule has 0 aliphatic carbocycles. The first kappa shape index (κ1) is 13.4. The molecule has 0 bridgehead atoms. The van der Waals surface area contributed by atoms with Gasteiger partial charge in [0.25, 0.3) is 0 Å². The first-order chi connectivity index (χ1) is 6.74. The minimum absolute atomic E-state index is 0.0307. The van der Waals surface area contributed by atoms with Crippen LogP contribution in [0.15, 0.2) is 0 Å². The Hall–Kier alpha value is -0.570. The largest absolute Gasteiger partial charge is 0.333 e. The fourth-order valence-electron chi connectivity index (χ4n) is 1.43. The highest BCUT2D eigenvalue weighted by Crippen LogP contribution is 2.11. The van der Waals surface area contributed by atoms with E-state index in [4.69, 9.17) is 0 Å². The summed E-state index contributed by atoms with van der Waals surface area (Å²) in [5, 5.41) is 5.83. The van der Waals surface area contributed by atoms with E-state index >= 15 is 0 Å². The molecular formula is C11H23N2O. The van der Waals surface area contributed by atoms with E-state index in [1.807, 2.05) is 6.92 Å². The summed E-state index contributed by atoms with van der Waals surface area (Å²) >= 11 is 0. The highest BCUT2D eigenvalue weighted by atomic mass is 16.1. The third kappa shape index (κ3) is 6.89. The van der Waals surface area contributed by atoms with Crippen molar-refractivity contribution in [2.75, 3.05) is 6.54 Å². The average molecular weight is 199 g/mol. The van der Waals surface area contributed by atoms with Gasteiger partial charge in [-0.25, -0.2) is 0 Å². The maximum Gasteiger partial charge on any atom is 0.310 e. The second-order valence-electron chi connectivity index (χ2n) is 3.79. The topological polar surface area (TPSA) is 41.1 Å². The summed E-state index contributed by atoms with van der Waals surface area (Å²) in [7, 11) is 0. The van der Waals surface area contributed by atoms with Gasteiger partial charge in [0.15, 0.2) is 0 Å². The zero-order chi connectivity index (χ0) is 10.8. The van der Waals surface area contributed by atoms with E-state index in [1.54, 1.807) is 6.41 Å². The van der Waals surface area contributed by atoms with Gasteiger partial charge in [0, 0.05) is 0 Å². The van der Waals surface area contributed by atoms with E-state index < -0.39 is 0 Å². The summed E-state index contributed by atoms with van der Waals surface area (Å²) in [4.78, 5) is 10.0. The summed E-state index contributed by atoms with van der Waals surface area (Å²) in [5.41, 5.74) is 0. The van der Waals surface area contributed by atoms with Crippen LogP contribution < -0.4 is 10.6 Å². The number of amides is 1. The normalized spacial score (nSPS) is 14.8. The smallest absolute Gasteiger partial charge is 0.310 e. The minimum atomic E-state index is 0.0307. The minimum Gasteiger partial charge on any atom is -0.333 e. The van der Waals surface area contributed by atoms with E-state index in [1.165, 1.54) is 25.7 Å². The van der Waals surface area contributed by atoms with Crippen LogP contribution in [-0.4, -0.2) is 19.1 Å². The zero-order valence-corrected chi connectivity index (χ0v) is 9.60. The molecule has 3 nitrogen and oxygen atoms in total. The van der Waals surface area contributed by atoms with Crippen molar-refractivity contribution < 1.29 is 4.79 Å². The third-order valence-corrected chi connectivity index (χ3v) is 2.53. The summed E-state index contributed by atoms with van der Waals surface area (Å²) in [5.74, 6) is 0.728. The highest BCUT2D eigenvalue weighted by molar-refractivity contribution is 5.47. The number of nitrogens with one attached hydrogen (secondary N) is 2. The first-order valence-corrected chi connectivity index (χ1v) is 5.60. The molecule has 2 unspecified atom stereocenters. The molecule has 2 atom stereocenters. The Morgan fingerprint density at radius 2 is 2.07 bits per heavy atom. The van der Waals surface area contributed by atoms with Crippen molar-refractivity contribution in [3.8, 4) is 0 Å². The van der Waals surface area contributed by atoms with E-state index in [0.717, 1.165) is 12.5 Å². The van der Waals surface area contributed by atoms with Gasteiger partial charge in [-0.05, 0) is 25.8 Å². The fraction of sp³-hybridized carbons (Fsp3) is 0.909. The molecule has 0 aromatic heterocycles. The second kappa shape index (κ2) is 9.00. The Balaban J connectivity index is 3.54. The van der Waals surface area contributed by atoms with E-state index in [2.05, 4.69) is 24.5 Å². The van der Waals surface area contributed by atoms with Gasteiger partial charge < -0.3 is 5.32 Å². The molecule has 0 aliphatic heterocycles. The monoisotopic (exact) mass is 199 g/mol. The van der Waals surface area contributed by atoms with Gasteiger partial charge >= 0.3 is 6.41 Å². The molecule has 0 fully saturated rings. The predicted molar refractivity (Wildman–Crippen MR) is 59.6 cm³/mol. The molecule has 0 aliphatic rings. The molecule has 0 saturated carbocycles. The Morgan fingerprint density at radius 3 is 2.57 bits per heavy atom. The molecule has 1 radical (unpaired) electrons. The molecule has 0 aromatic rings. The van der Waals surface area contributed by atoms with Gasteiger partial charge in [0.1, 0.15) is 0 Å². The molecule has 1 amide bonds. The van der Waals surface area contributed by atoms with E-state index in [-0.39, 0.29) is 6.17 Å². The molecule has 0 aromatic carbocycles. The number of hydrogen-bond acceptors (Lipinski definition) is 2. The van der Waals surface area contributed by atoms with Crippen LogP contribution in [0, 0.1) is 5.92 Å². The van der Waals surface area contributed by atoms with Crippen molar-refractivity contribution in [3.05, 3.63) is 0 Å². The highest BCUT2D eigenvalue weighted by Gasteiger charge is 2.07. The molecular weight excluding hydrogens is 176 g/mol. The average Bonchev–Trinajstić information content (AvgIpc) is 2.19. The SMILES string of the molecule is CCCCC(CC)CNC(C)N[C]=O. The van der Waals surface area contributed by atoms with Crippen molar-refractivity contribution in [1.82, 2.24) is 10.6 Å². The number of carbonyl (C=O) groups excluding carboxylic acids is 1. The molecule has 83 valence electrons. The lowest BCUT2D eigenvalue weighted by Gasteiger charge is -2.18. The standard InChI is InChI=1S/C11H23N2O/c1-4-6-7-11(5-2)8-12-10(3)13-9-14/h10-12H,4-8H2,1-3H3,(H,13,14). The lowest BCUT2D eigenvalue weighted by Crippen LogP contribution is -2.41. The van der Waals surface area contributed by atoms with Crippen LogP contribution in [0.4, 0.5) is 0 Å². The van der Waals surface area contributed by atoms with E-state index in [9.17, 15) is 4.79 Å². The van der Waals surface area contributed by atoms with Crippen molar-refractivity contribution in [1.29, 1.82) is 0 Å². The lowest BCUT2D eigenvalue weighted by molar-refractivity contribution is 0.384. The van der Waals surface area contributed by atoms with Crippen molar-refractivity contribution in [2.45, 2.75) is 52.6 Å². The fourth-order valence-corrected chi connectivity index (χ4v) is 1.43. The van der Waals surface area contributed by atoms with Crippen molar-refractivity contribution in [2.24, 2.45) is 5.92 Å². The van der Waals surface area contributed by atoms with Crippen LogP contribution in [0.1, 0.15) is 46.5 Å². The number of unbranched alkanes of at least 4 members (excludes halogenated alkanes) is 1. The summed E-state index contributed by atoms with van der Waals surface area (Å²) in [6.45, 7) is 7.33. The first-order valence-electron chi connectivity index (χ1n) is 5.60. The second-order valence-corrected chi connectivity index (χ2v) is 3.79. The van der Waals surface area contributed by atoms with Crippen molar-refractivity contribution in [3.63, 3.8) is 0 Å². The van der Waals surface area contributed by atoms with Gasteiger partial charge in [-0.3, -0.25) is 10.1 Å². The molecule has 0 rings (SSSR count). The molecule has 0 saturated heterocycles. The third-order valence-electron chi connectivity index (χ3n) is 2.53. The molecule has 14 heavy (non-hydrogen) atoms. The Bertz CT molecular complexity index is 139. The van der Waals surface area contributed by atoms with Crippen LogP contribution >= 0.6 is 0 Å². The van der Waals surface area contributed by atoms with Gasteiger partial charge in [-0.1, -0.05) is 33.1 Å². The van der Waals surface area contributed by atoms with Crippen LogP contribution in [0.5, 0.6) is 0 Å². The summed E-state index contributed by atoms with van der Waals surface area (Å²) in [6, 6.07) is 0. The number of rotatable bonds is 9. The molecule has 3 heteroatoms. The number of hydrogen-bond donors (Lipinski definition) is 2. The van der Waals surface area contributed by atoms with E-state index in [0.29, 0.717) is 0 Å². The van der Waals surface area contributed by atoms with Crippen LogP contribution in [0.2, 0.25) is 0 Å².